The van der Waals surface area contributed by atoms with E-state index in [1.807, 2.05) is 0 Å². The number of hydrogen-bond acceptors (Lipinski definition) is 5. The molecule has 0 radical (unpaired) electrons. The van der Waals surface area contributed by atoms with Gasteiger partial charge in [0, 0.05) is 19.0 Å². The minimum absolute atomic E-state index is 0.135. The zero-order valence-corrected chi connectivity index (χ0v) is 12.8. The maximum atomic E-state index is 11.7. The van der Waals surface area contributed by atoms with Crippen molar-refractivity contribution in [3.63, 3.8) is 0 Å². The highest BCUT2D eigenvalue weighted by Gasteiger charge is 2.22. The lowest BCUT2D eigenvalue weighted by atomic mass is 10.1. The third kappa shape index (κ3) is 4.25. The van der Waals surface area contributed by atoms with E-state index in [0.717, 1.165) is 12.8 Å². The molecule has 6 heteroatoms. The fourth-order valence-electron chi connectivity index (χ4n) is 1.89. The Kier molecular flexibility index (Phi) is 5.04. The zero-order chi connectivity index (χ0) is 16.1. The monoisotopic (exact) mass is 305 g/mol. The molecule has 0 bridgehead atoms. The summed E-state index contributed by atoms with van der Waals surface area (Å²) >= 11 is 0. The van der Waals surface area contributed by atoms with Crippen LogP contribution in [0.25, 0.3) is 6.08 Å². The fraction of sp³-hybridized carbons (Fsp3) is 0.375. The van der Waals surface area contributed by atoms with Crippen LogP contribution in [0.15, 0.2) is 18.2 Å². The maximum Gasteiger partial charge on any atom is 0.308 e. The van der Waals surface area contributed by atoms with Crippen LogP contribution in [0.3, 0.4) is 0 Å². The zero-order valence-electron chi connectivity index (χ0n) is 12.8. The second kappa shape index (κ2) is 6.98. The van der Waals surface area contributed by atoms with Crippen molar-refractivity contribution in [1.29, 1.82) is 0 Å². The molecule has 6 nitrogen and oxygen atoms in total. The van der Waals surface area contributed by atoms with Gasteiger partial charge in [-0.1, -0.05) is 0 Å². The highest BCUT2D eigenvalue weighted by atomic mass is 16.6. The number of methoxy groups -OCH3 is 2. The van der Waals surface area contributed by atoms with E-state index in [0.29, 0.717) is 23.1 Å². The van der Waals surface area contributed by atoms with Crippen LogP contribution in [0.4, 0.5) is 0 Å². The number of carbonyl (C=O) groups excluding carboxylic acids is 2. The Balaban J connectivity index is 2.22. The van der Waals surface area contributed by atoms with Crippen LogP contribution in [0, 0.1) is 0 Å². The topological polar surface area (TPSA) is 73.9 Å². The highest BCUT2D eigenvalue weighted by molar-refractivity contribution is 5.92. The van der Waals surface area contributed by atoms with Crippen molar-refractivity contribution in [1.82, 2.24) is 5.32 Å². The molecule has 1 aromatic rings. The Bertz CT molecular complexity index is 580. The molecule has 22 heavy (non-hydrogen) atoms. The molecular formula is C16H19NO5. The molecule has 0 saturated heterocycles. The Morgan fingerprint density at radius 1 is 1.18 bits per heavy atom. The van der Waals surface area contributed by atoms with Gasteiger partial charge < -0.3 is 19.5 Å². The molecule has 0 aromatic heterocycles. The predicted octanol–water partition coefficient (Wildman–Crippen LogP) is 1.92. The molecular weight excluding hydrogens is 286 g/mol. The van der Waals surface area contributed by atoms with Crippen molar-refractivity contribution in [3.8, 4) is 17.2 Å². The van der Waals surface area contributed by atoms with Crippen molar-refractivity contribution in [2.45, 2.75) is 25.8 Å². The van der Waals surface area contributed by atoms with Gasteiger partial charge in [0.15, 0.2) is 11.5 Å². The molecule has 2 rings (SSSR count). The van der Waals surface area contributed by atoms with Crippen LogP contribution >= 0.6 is 0 Å². The van der Waals surface area contributed by atoms with E-state index in [1.54, 1.807) is 18.2 Å². The summed E-state index contributed by atoms with van der Waals surface area (Å²) in [5, 5.41) is 2.86. The normalized spacial score (nSPS) is 13.8. The molecule has 0 unspecified atom stereocenters. The van der Waals surface area contributed by atoms with Crippen molar-refractivity contribution < 1.29 is 23.8 Å². The van der Waals surface area contributed by atoms with Crippen molar-refractivity contribution >= 4 is 18.0 Å². The molecule has 0 spiro atoms. The van der Waals surface area contributed by atoms with Gasteiger partial charge in [-0.3, -0.25) is 9.59 Å². The van der Waals surface area contributed by atoms with Gasteiger partial charge in [-0.25, -0.2) is 0 Å². The van der Waals surface area contributed by atoms with E-state index in [9.17, 15) is 9.59 Å². The van der Waals surface area contributed by atoms with Gasteiger partial charge in [0.25, 0.3) is 0 Å². The third-order valence-corrected chi connectivity index (χ3v) is 3.08. The summed E-state index contributed by atoms with van der Waals surface area (Å²) in [4.78, 5) is 22.8. The lowest BCUT2D eigenvalue weighted by Crippen LogP contribution is -2.22. The van der Waals surface area contributed by atoms with Crippen LogP contribution in [0.5, 0.6) is 17.2 Å². The smallest absolute Gasteiger partial charge is 0.308 e. The van der Waals surface area contributed by atoms with Crippen molar-refractivity contribution in [3.05, 3.63) is 23.8 Å². The van der Waals surface area contributed by atoms with Crippen LogP contribution in [0.2, 0.25) is 0 Å². The molecule has 0 aliphatic heterocycles. The predicted molar refractivity (Wildman–Crippen MR) is 81.1 cm³/mol. The van der Waals surface area contributed by atoms with Gasteiger partial charge in [-0.05, 0) is 36.6 Å². The molecule has 1 aromatic carbocycles. The van der Waals surface area contributed by atoms with E-state index in [4.69, 9.17) is 14.2 Å². The lowest BCUT2D eigenvalue weighted by molar-refractivity contribution is -0.132. The maximum absolute atomic E-state index is 11.7. The standard InChI is InChI=1S/C16H19NO5/c1-10(18)22-16-13(20-2)8-11(9-14(16)21-3)4-7-15(19)17-12-5-6-12/h4,7-9,12H,5-6H2,1-3H3,(H,17,19)/b7-4+. The van der Waals surface area contributed by atoms with Crippen LogP contribution in [0.1, 0.15) is 25.3 Å². The van der Waals surface area contributed by atoms with Gasteiger partial charge in [0.2, 0.25) is 11.7 Å². The number of hydrogen-bond donors (Lipinski definition) is 1. The molecule has 0 heterocycles. The Hall–Kier alpha value is -2.50. The minimum Gasteiger partial charge on any atom is -0.493 e. The average molecular weight is 305 g/mol. The summed E-state index contributed by atoms with van der Waals surface area (Å²) in [6, 6.07) is 3.65. The first-order valence-electron chi connectivity index (χ1n) is 6.96. The van der Waals surface area contributed by atoms with Crippen molar-refractivity contribution in [2.24, 2.45) is 0 Å². The first-order valence-corrected chi connectivity index (χ1v) is 6.96. The second-order valence-corrected chi connectivity index (χ2v) is 4.96. The third-order valence-electron chi connectivity index (χ3n) is 3.08. The molecule has 1 N–H and O–H groups in total. The Labute approximate surface area is 129 Å². The molecule has 1 saturated carbocycles. The summed E-state index contributed by atoms with van der Waals surface area (Å²) in [6.45, 7) is 1.30. The minimum atomic E-state index is -0.469. The van der Waals surface area contributed by atoms with Gasteiger partial charge in [-0.2, -0.15) is 0 Å². The second-order valence-electron chi connectivity index (χ2n) is 4.96. The number of esters is 1. The summed E-state index contributed by atoms with van der Waals surface area (Å²) in [6.07, 6.45) is 5.19. The lowest BCUT2D eigenvalue weighted by Gasteiger charge is -2.13. The molecule has 1 amide bonds. The van der Waals surface area contributed by atoms with E-state index in [2.05, 4.69) is 5.32 Å². The van der Waals surface area contributed by atoms with Crippen LogP contribution in [-0.4, -0.2) is 32.1 Å². The first-order chi connectivity index (χ1) is 10.5. The molecule has 1 aliphatic carbocycles. The Morgan fingerprint density at radius 3 is 2.23 bits per heavy atom. The van der Waals surface area contributed by atoms with E-state index < -0.39 is 5.97 Å². The number of carbonyl (C=O) groups is 2. The SMILES string of the molecule is COc1cc(/C=C/C(=O)NC2CC2)cc(OC)c1OC(C)=O. The van der Waals surface area contributed by atoms with Gasteiger partial charge >= 0.3 is 5.97 Å². The summed E-state index contributed by atoms with van der Waals surface area (Å²) in [5.74, 6) is 0.332. The molecule has 118 valence electrons. The average Bonchev–Trinajstić information content (AvgIpc) is 3.29. The Morgan fingerprint density at radius 2 is 1.77 bits per heavy atom. The molecule has 1 fully saturated rings. The highest BCUT2D eigenvalue weighted by Crippen LogP contribution is 2.39. The first kappa shape index (κ1) is 15.9. The van der Waals surface area contributed by atoms with Gasteiger partial charge in [0.05, 0.1) is 14.2 Å². The summed E-state index contributed by atoms with van der Waals surface area (Å²) in [7, 11) is 2.93. The quantitative estimate of drug-likeness (QED) is 0.494. The van der Waals surface area contributed by atoms with Gasteiger partial charge in [0.1, 0.15) is 0 Å². The van der Waals surface area contributed by atoms with Crippen LogP contribution < -0.4 is 19.5 Å². The summed E-state index contributed by atoms with van der Waals surface area (Å²) in [5.41, 5.74) is 0.704. The number of nitrogens with one attached hydrogen (secondary N) is 1. The van der Waals surface area contributed by atoms with E-state index >= 15 is 0 Å². The number of amides is 1. The van der Waals surface area contributed by atoms with E-state index in [1.165, 1.54) is 27.2 Å². The van der Waals surface area contributed by atoms with E-state index in [-0.39, 0.29) is 11.7 Å². The summed E-state index contributed by atoms with van der Waals surface area (Å²) < 4.78 is 15.5. The number of rotatable bonds is 6. The van der Waals surface area contributed by atoms with Crippen molar-refractivity contribution in [2.75, 3.05) is 14.2 Å². The number of ether oxygens (including phenoxy) is 3. The molecule has 1 aliphatic rings. The largest absolute Gasteiger partial charge is 0.493 e. The molecule has 0 atom stereocenters. The number of benzene rings is 1. The van der Waals surface area contributed by atoms with Crippen LogP contribution in [-0.2, 0) is 9.59 Å². The fourth-order valence-corrected chi connectivity index (χ4v) is 1.89. The van der Waals surface area contributed by atoms with Gasteiger partial charge in [-0.15, -0.1) is 0 Å².